The molecule has 0 spiro atoms. The fourth-order valence-corrected chi connectivity index (χ4v) is 6.15. The van der Waals surface area contributed by atoms with Crippen LogP contribution >= 0.6 is 7.60 Å². The molecule has 0 radical (unpaired) electrons. The molecule has 0 aliphatic carbocycles. The number of carbonyl (C=O) groups excluding carboxylic acids is 1. The van der Waals surface area contributed by atoms with Gasteiger partial charge in [-0.2, -0.15) is 4.98 Å². The quantitative estimate of drug-likeness (QED) is 0.272. The molecular weight excluding hydrogens is 522 g/mol. The number of nitrogen functional groups attached to an aromatic ring is 1. The topological polar surface area (TPSA) is 178 Å². The van der Waals surface area contributed by atoms with Crippen LogP contribution in [-0.2, 0) is 23.4 Å². The molecular formula is C24H34FN4O8P. The van der Waals surface area contributed by atoms with Gasteiger partial charge in [-0.05, 0) is 39.0 Å². The first-order chi connectivity index (χ1) is 17.8. The maximum absolute atomic E-state index is 14.2. The van der Waals surface area contributed by atoms with Crippen molar-refractivity contribution in [1.29, 1.82) is 0 Å². The van der Waals surface area contributed by atoms with Crippen molar-refractivity contribution in [2.24, 2.45) is 11.7 Å². The van der Waals surface area contributed by atoms with Crippen LogP contribution in [0.4, 0.5) is 10.2 Å². The van der Waals surface area contributed by atoms with Gasteiger partial charge in [-0.3, -0.25) is 13.9 Å². The van der Waals surface area contributed by atoms with Crippen molar-refractivity contribution in [2.45, 2.75) is 63.9 Å². The summed E-state index contributed by atoms with van der Waals surface area (Å²) in [6.07, 6.45) is -5.22. The van der Waals surface area contributed by atoms with Gasteiger partial charge in [0.25, 0.3) is 0 Å². The largest absolute Gasteiger partial charge is 0.463 e. The van der Waals surface area contributed by atoms with Crippen molar-refractivity contribution < 1.29 is 37.4 Å². The Labute approximate surface area is 219 Å². The molecule has 1 aliphatic rings. The Morgan fingerprint density at radius 1 is 1.26 bits per heavy atom. The molecule has 7 atom stereocenters. The first-order valence-corrected chi connectivity index (χ1v) is 13.8. The Morgan fingerprint density at radius 3 is 2.50 bits per heavy atom. The van der Waals surface area contributed by atoms with Crippen LogP contribution < -0.4 is 21.7 Å². The SMILES string of the molecule is CC(C)OC(=O)[C@H](C)CP(=O)(Oc1ccccc1)O[C@@H](C)[C@H]1O[C@@H](n2ccc(N)nc2=O)C(N)(CF)[C@H]1O. The highest BCUT2D eigenvalue weighted by atomic mass is 31.2. The summed E-state index contributed by atoms with van der Waals surface area (Å²) >= 11 is 0. The van der Waals surface area contributed by atoms with E-state index in [0.29, 0.717) is 0 Å². The van der Waals surface area contributed by atoms with E-state index in [9.17, 15) is 23.7 Å². The average Bonchev–Trinajstić information content (AvgIpc) is 3.10. The lowest BCUT2D eigenvalue weighted by Gasteiger charge is -2.31. The van der Waals surface area contributed by atoms with Gasteiger partial charge >= 0.3 is 19.3 Å². The third-order valence-electron chi connectivity index (χ3n) is 5.97. The average molecular weight is 557 g/mol. The number of benzene rings is 1. The molecule has 2 heterocycles. The molecule has 2 aromatic rings. The van der Waals surface area contributed by atoms with Gasteiger partial charge in [0.05, 0.1) is 24.3 Å². The molecule has 14 heteroatoms. The number of aliphatic hydroxyl groups excluding tert-OH is 1. The van der Waals surface area contributed by atoms with E-state index in [4.69, 9.17) is 30.0 Å². The molecule has 38 heavy (non-hydrogen) atoms. The maximum Gasteiger partial charge on any atom is 0.380 e. The number of halogens is 1. The van der Waals surface area contributed by atoms with Gasteiger partial charge in [0.2, 0.25) is 0 Å². The van der Waals surface area contributed by atoms with Crippen LogP contribution in [0, 0.1) is 5.92 Å². The molecule has 1 aromatic heterocycles. The number of rotatable bonds is 11. The molecule has 0 bridgehead atoms. The fourth-order valence-electron chi connectivity index (χ4n) is 4.06. The van der Waals surface area contributed by atoms with Crippen LogP contribution in [0.15, 0.2) is 47.4 Å². The van der Waals surface area contributed by atoms with Crippen LogP contribution in [0.3, 0.4) is 0 Å². The monoisotopic (exact) mass is 556 g/mol. The second-order valence-corrected chi connectivity index (χ2v) is 11.6. The Morgan fingerprint density at radius 2 is 1.92 bits per heavy atom. The number of alkyl halides is 1. The minimum Gasteiger partial charge on any atom is -0.463 e. The van der Waals surface area contributed by atoms with Crippen molar-refractivity contribution in [2.75, 3.05) is 18.6 Å². The molecule has 1 aliphatic heterocycles. The number of esters is 1. The van der Waals surface area contributed by atoms with E-state index in [-0.39, 0.29) is 23.8 Å². The number of carbonyl (C=O) groups is 1. The van der Waals surface area contributed by atoms with Crippen LogP contribution in [-0.4, -0.2) is 63.4 Å². The van der Waals surface area contributed by atoms with Crippen LogP contribution in [0.25, 0.3) is 0 Å². The van der Waals surface area contributed by atoms with Crippen molar-refractivity contribution in [3.8, 4) is 5.75 Å². The summed E-state index contributed by atoms with van der Waals surface area (Å²) in [5.74, 6) is -1.32. The standard InChI is InChI=1S/C24H34FN4O8P/c1-14(2)34-21(31)15(3)12-38(33,37-17-8-6-5-7-9-17)36-16(4)19-20(30)24(27,13-25)22(35-19)29-11-10-18(26)28-23(29)32/h5-11,14-16,19-20,22,30H,12-13,27H2,1-4H3,(H2,26,28,32)/t15-,16+,19-,20+,22-,24?,38?/m1/s1. The first kappa shape index (κ1) is 29.7. The van der Waals surface area contributed by atoms with E-state index >= 15 is 0 Å². The van der Waals surface area contributed by atoms with E-state index in [1.54, 1.807) is 44.2 Å². The van der Waals surface area contributed by atoms with E-state index in [2.05, 4.69) is 4.98 Å². The number of nitrogens with two attached hydrogens (primary N) is 2. The highest BCUT2D eigenvalue weighted by molar-refractivity contribution is 7.54. The number of ether oxygens (including phenoxy) is 2. The number of hydrogen-bond acceptors (Lipinski definition) is 11. The van der Waals surface area contributed by atoms with Crippen molar-refractivity contribution >= 4 is 19.4 Å². The third kappa shape index (κ3) is 6.59. The second-order valence-electron chi connectivity index (χ2n) is 9.58. The zero-order chi connectivity index (χ0) is 28.3. The zero-order valence-electron chi connectivity index (χ0n) is 21.6. The summed E-state index contributed by atoms with van der Waals surface area (Å²) in [5.41, 5.74) is 8.78. The highest BCUT2D eigenvalue weighted by Crippen LogP contribution is 2.52. The van der Waals surface area contributed by atoms with Gasteiger partial charge in [-0.15, -0.1) is 0 Å². The van der Waals surface area contributed by atoms with Gasteiger partial charge in [0, 0.05) is 6.20 Å². The van der Waals surface area contributed by atoms with Crippen LogP contribution in [0.5, 0.6) is 5.75 Å². The third-order valence-corrected chi connectivity index (χ3v) is 8.11. The van der Waals surface area contributed by atoms with Crippen molar-refractivity contribution in [1.82, 2.24) is 9.55 Å². The summed E-state index contributed by atoms with van der Waals surface area (Å²) in [6.45, 7) is 5.05. The zero-order valence-corrected chi connectivity index (χ0v) is 22.5. The van der Waals surface area contributed by atoms with Crippen LogP contribution in [0.1, 0.15) is 33.9 Å². The van der Waals surface area contributed by atoms with Gasteiger partial charge in [0.15, 0.2) is 6.23 Å². The maximum atomic E-state index is 14.2. The molecule has 1 fully saturated rings. The lowest BCUT2D eigenvalue weighted by molar-refractivity contribution is -0.151. The van der Waals surface area contributed by atoms with Crippen molar-refractivity contribution in [3.05, 3.63) is 53.1 Å². The molecule has 1 aromatic carbocycles. The van der Waals surface area contributed by atoms with E-state index < -0.39 is 61.9 Å². The summed E-state index contributed by atoms with van der Waals surface area (Å²) in [7, 11) is -4.11. The number of aromatic nitrogens is 2. The Balaban J connectivity index is 1.88. The normalized spacial score (nSPS) is 26.5. The predicted molar refractivity (Wildman–Crippen MR) is 136 cm³/mol. The number of para-hydroxylation sites is 1. The molecule has 5 N–H and O–H groups in total. The molecule has 210 valence electrons. The smallest absolute Gasteiger partial charge is 0.380 e. The second kappa shape index (κ2) is 11.9. The minimum absolute atomic E-state index is 0.0648. The summed E-state index contributed by atoms with van der Waals surface area (Å²) in [4.78, 5) is 28.4. The number of hydrogen-bond donors (Lipinski definition) is 3. The molecule has 2 unspecified atom stereocenters. The van der Waals surface area contributed by atoms with Crippen LogP contribution in [0.2, 0.25) is 0 Å². The van der Waals surface area contributed by atoms with Gasteiger partial charge in [-0.25, -0.2) is 13.8 Å². The van der Waals surface area contributed by atoms with Crippen molar-refractivity contribution in [3.63, 3.8) is 0 Å². The molecule has 1 saturated heterocycles. The Kier molecular flexibility index (Phi) is 9.32. The number of anilines is 1. The Bertz CT molecular complexity index is 1220. The van der Waals surface area contributed by atoms with Gasteiger partial charge in [-0.1, -0.05) is 25.1 Å². The highest BCUT2D eigenvalue weighted by Gasteiger charge is 2.57. The Hall–Kier alpha value is -2.83. The summed E-state index contributed by atoms with van der Waals surface area (Å²) in [5, 5.41) is 11.0. The molecule has 0 amide bonds. The predicted octanol–water partition coefficient (Wildman–Crippen LogP) is 2.02. The minimum atomic E-state index is -4.11. The molecule has 3 rings (SSSR count). The summed E-state index contributed by atoms with van der Waals surface area (Å²) < 4.78 is 51.7. The fraction of sp³-hybridized carbons (Fsp3) is 0.542. The number of aliphatic hydroxyl groups is 1. The van der Waals surface area contributed by atoms with Gasteiger partial charge < -0.3 is 30.6 Å². The van der Waals surface area contributed by atoms with E-state index in [1.165, 1.54) is 26.1 Å². The van der Waals surface area contributed by atoms with Gasteiger partial charge in [0.1, 0.15) is 36.0 Å². The lowest BCUT2D eigenvalue weighted by atomic mass is 9.91. The lowest BCUT2D eigenvalue weighted by Crippen LogP contribution is -2.58. The summed E-state index contributed by atoms with van der Waals surface area (Å²) in [6, 6.07) is 9.47. The molecule has 0 saturated carbocycles. The van der Waals surface area contributed by atoms with E-state index in [1.807, 2.05) is 0 Å². The number of nitrogens with zero attached hydrogens (tertiary/aromatic N) is 2. The molecule has 12 nitrogen and oxygen atoms in total. The first-order valence-electron chi connectivity index (χ1n) is 12.0. The van der Waals surface area contributed by atoms with E-state index in [0.717, 1.165) is 4.57 Å².